The number of likely N-dealkylation sites (tertiary alicyclic amines) is 1. The van der Waals surface area contributed by atoms with Crippen molar-refractivity contribution < 1.29 is 9.53 Å². The second kappa shape index (κ2) is 7.53. The largest absolute Gasteiger partial charge is 0.378 e. The molecule has 134 valence electrons. The summed E-state index contributed by atoms with van der Waals surface area (Å²) in [5.74, 6) is 0.0926. The normalized spacial score (nSPS) is 19.0. The van der Waals surface area contributed by atoms with E-state index in [0.717, 1.165) is 62.5 Å². The smallest absolute Gasteiger partial charge is 0.270 e. The Morgan fingerprint density at radius 3 is 2.48 bits per heavy atom. The Morgan fingerprint density at radius 2 is 1.72 bits per heavy atom. The molecule has 0 bridgehead atoms. The van der Waals surface area contributed by atoms with Crippen LogP contribution in [0.2, 0.25) is 0 Å². The van der Waals surface area contributed by atoms with E-state index in [2.05, 4.69) is 15.1 Å². The van der Waals surface area contributed by atoms with Crippen LogP contribution < -0.4 is 4.90 Å². The molecule has 1 amide bonds. The molecule has 4 rings (SSSR count). The Balaban J connectivity index is 1.54. The monoisotopic (exact) mass is 361 g/mol. The van der Waals surface area contributed by atoms with E-state index in [-0.39, 0.29) is 5.91 Å². The fraction of sp³-hybridized carbons (Fsp3) is 0.588. The first kappa shape index (κ1) is 16.5. The van der Waals surface area contributed by atoms with Gasteiger partial charge in [-0.05, 0) is 25.0 Å². The van der Waals surface area contributed by atoms with Gasteiger partial charge in [0.2, 0.25) is 10.3 Å². The van der Waals surface area contributed by atoms with Crippen molar-refractivity contribution >= 4 is 22.4 Å². The molecule has 2 fully saturated rings. The highest BCUT2D eigenvalue weighted by molar-refractivity contribution is 7.17. The van der Waals surface area contributed by atoms with Crippen LogP contribution in [0.4, 0.5) is 5.13 Å². The molecule has 7 nitrogen and oxygen atoms in total. The highest BCUT2D eigenvalue weighted by Crippen LogP contribution is 2.26. The van der Waals surface area contributed by atoms with Gasteiger partial charge in [0.05, 0.1) is 13.2 Å². The molecule has 2 aromatic rings. The number of anilines is 1. The van der Waals surface area contributed by atoms with E-state index in [1.807, 2.05) is 27.8 Å². The van der Waals surface area contributed by atoms with Gasteiger partial charge in [-0.1, -0.05) is 24.2 Å². The number of amides is 1. The number of aromatic nitrogens is 3. The summed E-state index contributed by atoms with van der Waals surface area (Å²) in [6.07, 6.45) is 6.50. The Labute approximate surface area is 151 Å². The second-order valence-electron chi connectivity index (χ2n) is 6.44. The fourth-order valence-corrected chi connectivity index (χ4v) is 4.24. The van der Waals surface area contributed by atoms with Gasteiger partial charge in [0.25, 0.3) is 5.91 Å². The highest BCUT2D eigenvalue weighted by atomic mass is 32.1. The molecule has 2 aliphatic rings. The number of rotatable bonds is 3. The molecule has 0 spiro atoms. The number of carbonyl (C=O) groups excluding carboxylic acids is 1. The van der Waals surface area contributed by atoms with Gasteiger partial charge in [-0.25, -0.2) is 0 Å². The van der Waals surface area contributed by atoms with Crippen LogP contribution in [0.5, 0.6) is 0 Å². The Morgan fingerprint density at radius 1 is 1.00 bits per heavy atom. The molecule has 2 aliphatic heterocycles. The summed E-state index contributed by atoms with van der Waals surface area (Å²) in [6, 6.07) is 3.78. The quantitative estimate of drug-likeness (QED) is 0.838. The van der Waals surface area contributed by atoms with Crippen molar-refractivity contribution in [3.63, 3.8) is 0 Å². The number of morpholine rings is 1. The lowest BCUT2D eigenvalue weighted by molar-refractivity contribution is 0.0753. The van der Waals surface area contributed by atoms with E-state index in [1.165, 1.54) is 24.2 Å². The Kier molecular flexibility index (Phi) is 4.98. The van der Waals surface area contributed by atoms with Crippen molar-refractivity contribution in [1.82, 2.24) is 19.7 Å². The summed E-state index contributed by atoms with van der Waals surface area (Å²) < 4.78 is 7.26. The summed E-state index contributed by atoms with van der Waals surface area (Å²) in [4.78, 5) is 17.1. The van der Waals surface area contributed by atoms with Gasteiger partial charge in [-0.3, -0.25) is 9.36 Å². The number of ether oxygens (including phenoxy) is 1. The summed E-state index contributed by atoms with van der Waals surface area (Å²) in [7, 11) is 0. The van der Waals surface area contributed by atoms with Crippen LogP contribution in [0.15, 0.2) is 18.3 Å². The van der Waals surface area contributed by atoms with Crippen molar-refractivity contribution in [3.05, 3.63) is 24.0 Å². The molecule has 0 aromatic carbocycles. The standard InChI is InChI=1S/C17H23N5O2S/c23-15(20-7-3-1-2-4-8-20)14-6-5-9-22(14)17-19-18-16(25-17)21-10-12-24-13-11-21/h5-6,9H,1-4,7-8,10-13H2. The van der Waals surface area contributed by atoms with Crippen molar-refractivity contribution in [2.75, 3.05) is 44.3 Å². The molecule has 4 heterocycles. The first-order chi connectivity index (χ1) is 12.3. The van der Waals surface area contributed by atoms with Gasteiger partial charge < -0.3 is 14.5 Å². The first-order valence-electron chi connectivity index (χ1n) is 8.96. The van der Waals surface area contributed by atoms with Gasteiger partial charge in [0, 0.05) is 32.4 Å². The van der Waals surface area contributed by atoms with Crippen molar-refractivity contribution in [2.24, 2.45) is 0 Å². The molecule has 25 heavy (non-hydrogen) atoms. The fourth-order valence-electron chi connectivity index (χ4n) is 3.35. The maximum Gasteiger partial charge on any atom is 0.270 e. The van der Waals surface area contributed by atoms with Crippen LogP contribution in [0, 0.1) is 0 Å². The number of hydrogen-bond acceptors (Lipinski definition) is 6. The molecule has 0 aliphatic carbocycles. The van der Waals surface area contributed by atoms with Crippen molar-refractivity contribution in [2.45, 2.75) is 25.7 Å². The molecule has 2 aromatic heterocycles. The van der Waals surface area contributed by atoms with Crippen LogP contribution in [-0.4, -0.2) is 65.0 Å². The van der Waals surface area contributed by atoms with Crippen LogP contribution >= 0.6 is 11.3 Å². The highest BCUT2D eigenvalue weighted by Gasteiger charge is 2.23. The molecule has 0 N–H and O–H groups in total. The minimum Gasteiger partial charge on any atom is -0.378 e. The Bertz CT molecular complexity index is 714. The van der Waals surface area contributed by atoms with Crippen LogP contribution in [0.3, 0.4) is 0 Å². The van der Waals surface area contributed by atoms with Gasteiger partial charge in [-0.2, -0.15) is 0 Å². The topological polar surface area (TPSA) is 63.5 Å². The van der Waals surface area contributed by atoms with Crippen LogP contribution in [0.1, 0.15) is 36.2 Å². The van der Waals surface area contributed by atoms with Gasteiger partial charge in [0.1, 0.15) is 5.69 Å². The lowest BCUT2D eigenvalue weighted by Gasteiger charge is -2.25. The van der Waals surface area contributed by atoms with Crippen molar-refractivity contribution in [3.8, 4) is 5.13 Å². The average Bonchev–Trinajstić information content (AvgIpc) is 3.25. The number of hydrogen-bond donors (Lipinski definition) is 0. The summed E-state index contributed by atoms with van der Waals surface area (Å²) in [5.41, 5.74) is 0.673. The van der Waals surface area contributed by atoms with E-state index in [1.54, 1.807) is 0 Å². The van der Waals surface area contributed by atoms with Crippen molar-refractivity contribution in [1.29, 1.82) is 0 Å². The molecule has 2 saturated heterocycles. The van der Waals surface area contributed by atoms with E-state index in [4.69, 9.17) is 4.74 Å². The molecule has 0 atom stereocenters. The molecule has 0 radical (unpaired) electrons. The van der Waals surface area contributed by atoms with E-state index < -0.39 is 0 Å². The third-order valence-electron chi connectivity index (χ3n) is 4.75. The van der Waals surface area contributed by atoms with E-state index in [9.17, 15) is 4.79 Å². The lowest BCUT2D eigenvalue weighted by Crippen LogP contribution is -2.36. The maximum absolute atomic E-state index is 13.0. The zero-order valence-electron chi connectivity index (χ0n) is 14.3. The van der Waals surface area contributed by atoms with Crippen LogP contribution in [-0.2, 0) is 4.74 Å². The molecule has 0 unspecified atom stereocenters. The maximum atomic E-state index is 13.0. The minimum atomic E-state index is 0.0926. The van der Waals surface area contributed by atoms with Gasteiger partial charge in [-0.15, -0.1) is 10.2 Å². The van der Waals surface area contributed by atoms with E-state index in [0.29, 0.717) is 5.69 Å². The number of nitrogens with zero attached hydrogens (tertiary/aromatic N) is 5. The first-order valence-corrected chi connectivity index (χ1v) is 9.78. The zero-order valence-corrected chi connectivity index (χ0v) is 15.1. The molecule has 0 saturated carbocycles. The SMILES string of the molecule is O=C(c1cccn1-c1nnc(N2CCOCC2)s1)N1CCCCCC1. The molecule has 8 heteroatoms. The third-order valence-corrected chi connectivity index (χ3v) is 5.74. The minimum absolute atomic E-state index is 0.0926. The summed E-state index contributed by atoms with van der Waals surface area (Å²) in [5, 5.41) is 10.3. The second-order valence-corrected chi connectivity index (χ2v) is 7.37. The van der Waals surface area contributed by atoms with Gasteiger partial charge >= 0.3 is 0 Å². The molecular formula is C17H23N5O2S. The average molecular weight is 361 g/mol. The number of carbonyl (C=O) groups is 1. The summed E-state index contributed by atoms with van der Waals surface area (Å²) >= 11 is 1.52. The summed E-state index contributed by atoms with van der Waals surface area (Å²) in [6.45, 7) is 4.80. The third kappa shape index (κ3) is 3.55. The predicted octanol–water partition coefficient (Wildman–Crippen LogP) is 2.18. The van der Waals surface area contributed by atoms with E-state index >= 15 is 0 Å². The predicted molar refractivity (Wildman–Crippen MR) is 96.6 cm³/mol. The zero-order chi connectivity index (χ0) is 17.1. The Hall–Kier alpha value is -1.93. The molecular weight excluding hydrogens is 338 g/mol. The van der Waals surface area contributed by atoms with Gasteiger partial charge in [0.15, 0.2) is 0 Å². The van der Waals surface area contributed by atoms with Crippen LogP contribution in [0.25, 0.3) is 5.13 Å². The lowest BCUT2D eigenvalue weighted by atomic mass is 10.2.